The second-order valence-electron chi connectivity index (χ2n) is 10.8. The summed E-state index contributed by atoms with van der Waals surface area (Å²) in [5.41, 5.74) is 16.2. The van der Waals surface area contributed by atoms with Crippen LogP contribution < -0.4 is 21.1 Å². The molecule has 0 unspecified atom stereocenters. The van der Waals surface area contributed by atoms with Crippen LogP contribution in [0.1, 0.15) is 23.2 Å². The molecule has 0 bridgehead atoms. The van der Waals surface area contributed by atoms with Gasteiger partial charge in [0.1, 0.15) is 11.9 Å². The highest BCUT2D eigenvalue weighted by Crippen LogP contribution is 2.37. The zero-order chi connectivity index (χ0) is 27.5. The molecule has 1 amide bonds. The fourth-order valence-corrected chi connectivity index (χ4v) is 5.88. The van der Waals surface area contributed by atoms with Crippen LogP contribution in [0.2, 0.25) is 0 Å². The number of aromatic amines is 1. The van der Waals surface area contributed by atoms with Crippen molar-refractivity contribution in [3.8, 4) is 16.9 Å². The van der Waals surface area contributed by atoms with Crippen molar-refractivity contribution in [3.63, 3.8) is 0 Å². The zero-order valence-corrected chi connectivity index (χ0v) is 22.9. The Morgan fingerprint density at radius 1 is 0.925 bits per heavy atom. The van der Waals surface area contributed by atoms with Gasteiger partial charge < -0.3 is 30.6 Å². The summed E-state index contributed by atoms with van der Waals surface area (Å²) in [5, 5.41) is 8.06. The number of nitrogens with two attached hydrogens (primary N) is 2. The maximum Gasteiger partial charge on any atom is 0.250 e. The number of aromatic nitrogens is 2. The van der Waals surface area contributed by atoms with E-state index in [4.69, 9.17) is 25.7 Å². The summed E-state index contributed by atoms with van der Waals surface area (Å²) in [6, 6.07) is 9.91. The van der Waals surface area contributed by atoms with Crippen LogP contribution in [0.4, 0.5) is 11.5 Å². The van der Waals surface area contributed by atoms with Crippen molar-refractivity contribution in [1.29, 1.82) is 0 Å². The Kier molecular flexibility index (Phi) is 8.05. The summed E-state index contributed by atoms with van der Waals surface area (Å²) in [7, 11) is 0. The fraction of sp³-hybridized carbons (Fsp3) is 0.517. The highest BCUT2D eigenvalue weighted by atomic mass is 16.5. The smallest absolute Gasteiger partial charge is 0.250 e. The number of hydrogen-bond acceptors (Lipinski definition) is 9. The van der Waals surface area contributed by atoms with Gasteiger partial charge in [-0.1, -0.05) is 6.07 Å². The number of fused-ring (bicyclic) bond motifs is 1. The standard InChI is InChI=1S/C29H39N7O4/c30-28-27-24(32-33-28)17-21(19-26(27)40-22-3-13-38-14-4-22)20-1-2-23(29(31)37)25(18-20)36-9-7-34(8-10-36)5-6-35-11-15-39-16-12-35/h1-2,17-19,22H,3-16H2,(H2,31,37)(H3,30,32,33). The Hall–Kier alpha value is -3.38. The van der Waals surface area contributed by atoms with Crippen molar-refractivity contribution >= 4 is 28.3 Å². The minimum Gasteiger partial charge on any atom is -0.489 e. The third-order valence-corrected chi connectivity index (χ3v) is 8.26. The molecule has 3 aliphatic rings. The molecule has 1 aromatic heterocycles. The molecule has 0 aliphatic carbocycles. The van der Waals surface area contributed by atoms with Gasteiger partial charge in [0, 0.05) is 65.2 Å². The minimum absolute atomic E-state index is 0.0637. The lowest BCUT2D eigenvalue weighted by atomic mass is 9.99. The van der Waals surface area contributed by atoms with Gasteiger partial charge in [-0.15, -0.1) is 0 Å². The number of nitrogens with zero attached hydrogens (tertiary/aromatic N) is 4. The Balaban J connectivity index is 1.22. The molecule has 0 atom stereocenters. The fourth-order valence-electron chi connectivity index (χ4n) is 5.88. The van der Waals surface area contributed by atoms with E-state index in [-0.39, 0.29) is 6.10 Å². The Morgan fingerprint density at radius 2 is 1.62 bits per heavy atom. The molecule has 0 saturated carbocycles. The number of ether oxygens (including phenoxy) is 3. The molecule has 0 spiro atoms. The van der Waals surface area contributed by atoms with E-state index in [2.05, 4.69) is 31.0 Å². The highest BCUT2D eigenvalue weighted by Gasteiger charge is 2.24. The molecule has 40 heavy (non-hydrogen) atoms. The Labute approximate surface area is 234 Å². The van der Waals surface area contributed by atoms with Crippen molar-refractivity contribution in [3.05, 3.63) is 35.9 Å². The zero-order valence-electron chi connectivity index (χ0n) is 22.9. The maximum absolute atomic E-state index is 12.4. The lowest BCUT2D eigenvalue weighted by Gasteiger charge is -2.38. The summed E-state index contributed by atoms with van der Waals surface area (Å²) in [6.07, 6.45) is 1.73. The number of rotatable bonds is 8. The Morgan fingerprint density at radius 3 is 2.35 bits per heavy atom. The summed E-state index contributed by atoms with van der Waals surface area (Å²) in [5.74, 6) is 0.705. The van der Waals surface area contributed by atoms with Crippen molar-refractivity contribution in [2.45, 2.75) is 18.9 Å². The average Bonchev–Trinajstić information content (AvgIpc) is 3.37. The number of hydrogen-bond donors (Lipinski definition) is 3. The van der Waals surface area contributed by atoms with Gasteiger partial charge in [0.15, 0.2) is 5.82 Å². The molecule has 5 N–H and O–H groups in total. The molecule has 4 heterocycles. The monoisotopic (exact) mass is 549 g/mol. The number of H-pyrrole nitrogens is 1. The summed E-state index contributed by atoms with van der Waals surface area (Å²) >= 11 is 0. The lowest BCUT2D eigenvalue weighted by molar-refractivity contribution is 0.0262. The van der Waals surface area contributed by atoms with Crippen LogP contribution in [0.15, 0.2) is 30.3 Å². The van der Waals surface area contributed by atoms with E-state index in [9.17, 15) is 4.79 Å². The quantitative estimate of drug-likeness (QED) is 0.385. The number of piperazine rings is 1. The lowest BCUT2D eigenvalue weighted by Crippen LogP contribution is -2.49. The molecular weight excluding hydrogens is 510 g/mol. The third kappa shape index (κ3) is 5.87. The predicted octanol–water partition coefficient (Wildman–Crippen LogP) is 1.92. The van der Waals surface area contributed by atoms with Gasteiger partial charge >= 0.3 is 0 Å². The van der Waals surface area contributed by atoms with E-state index in [1.807, 2.05) is 24.3 Å². The minimum atomic E-state index is -0.420. The highest BCUT2D eigenvalue weighted by molar-refractivity contribution is 6.01. The molecule has 0 radical (unpaired) electrons. The van der Waals surface area contributed by atoms with Gasteiger partial charge in [0.05, 0.1) is 48.6 Å². The molecule has 11 heteroatoms. The van der Waals surface area contributed by atoms with E-state index in [0.717, 1.165) is 106 Å². The van der Waals surface area contributed by atoms with Crippen LogP contribution in [0, 0.1) is 0 Å². The predicted molar refractivity (Wildman–Crippen MR) is 155 cm³/mol. The topological polar surface area (TPSA) is 135 Å². The summed E-state index contributed by atoms with van der Waals surface area (Å²) < 4.78 is 17.4. The van der Waals surface area contributed by atoms with Crippen LogP contribution in [0.5, 0.6) is 5.75 Å². The van der Waals surface area contributed by atoms with Crippen molar-refractivity contribution in [2.24, 2.45) is 5.73 Å². The first-order valence-electron chi connectivity index (χ1n) is 14.3. The maximum atomic E-state index is 12.4. The van der Waals surface area contributed by atoms with Gasteiger partial charge in [-0.25, -0.2) is 0 Å². The molecule has 6 rings (SSSR count). The van der Waals surface area contributed by atoms with Gasteiger partial charge in [0.2, 0.25) is 0 Å². The van der Waals surface area contributed by atoms with Crippen LogP contribution in [0.25, 0.3) is 22.0 Å². The third-order valence-electron chi connectivity index (χ3n) is 8.26. The first-order valence-corrected chi connectivity index (χ1v) is 14.3. The van der Waals surface area contributed by atoms with E-state index in [0.29, 0.717) is 30.3 Å². The number of nitrogen functional groups attached to an aromatic ring is 1. The average molecular weight is 550 g/mol. The molecule has 3 aliphatic heterocycles. The number of nitrogens with one attached hydrogen (secondary N) is 1. The van der Waals surface area contributed by atoms with Gasteiger partial charge in [-0.05, 0) is 35.4 Å². The molecule has 3 aromatic rings. The van der Waals surface area contributed by atoms with Crippen molar-refractivity contribution in [1.82, 2.24) is 20.0 Å². The SMILES string of the molecule is NC(=O)c1ccc(-c2cc(OC3CCOCC3)c3c(N)n[nH]c3c2)cc1N1CCN(CCN2CCOCC2)CC1. The van der Waals surface area contributed by atoms with Crippen LogP contribution in [0.3, 0.4) is 0 Å². The molecule has 2 aromatic carbocycles. The second-order valence-corrected chi connectivity index (χ2v) is 10.8. The van der Waals surface area contributed by atoms with Gasteiger partial charge in [0.25, 0.3) is 5.91 Å². The second kappa shape index (κ2) is 12.0. The normalized spacial score (nSPS) is 19.8. The number of morpholine rings is 1. The Bertz CT molecular complexity index is 1330. The van der Waals surface area contributed by atoms with Gasteiger partial charge in [-0.2, -0.15) is 5.10 Å². The summed E-state index contributed by atoms with van der Waals surface area (Å²) in [6.45, 7) is 10.7. The molecule has 11 nitrogen and oxygen atoms in total. The van der Waals surface area contributed by atoms with Crippen LogP contribution in [-0.4, -0.2) is 111 Å². The number of primary amides is 1. The number of carbonyl (C=O) groups excluding carboxylic acids is 1. The molecule has 3 saturated heterocycles. The number of amides is 1. The first-order chi connectivity index (χ1) is 19.5. The van der Waals surface area contributed by atoms with Crippen molar-refractivity contribution in [2.75, 3.05) is 89.4 Å². The van der Waals surface area contributed by atoms with Crippen LogP contribution >= 0.6 is 0 Å². The number of benzene rings is 2. The first kappa shape index (κ1) is 26.8. The van der Waals surface area contributed by atoms with E-state index in [1.54, 1.807) is 0 Å². The van der Waals surface area contributed by atoms with Crippen LogP contribution in [-0.2, 0) is 9.47 Å². The number of anilines is 2. The van der Waals surface area contributed by atoms with Crippen molar-refractivity contribution < 1.29 is 19.0 Å². The molecule has 214 valence electrons. The molecule has 3 fully saturated rings. The van der Waals surface area contributed by atoms with E-state index < -0.39 is 5.91 Å². The molecular formula is C29H39N7O4. The van der Waals surface area contributed by atoms with E-state index in [1.165, 1.54) is 0 Å². The van der Waals surface area contributed by atoms with Gasteiger partial charge in [-0.3, -0.25) is 19.7 Å². The largest absolute Gasteiger partial charge is 0.489 e. The summed E-state index contributed by atoms with van der Waals surface area (Å²) in [4.78, 5) is 19.7. The number of carbonyl (C=O) groups is 1. The van der Waals surface area contributed by atoms with E-state index >= 15 is 0 Å².